The fraction of sp³-hybridized carbons (Fsp3) is 1.00. The van der Waals surface area contributed by atoms with Gasteiger partial charge in [-0.05, 0) is 6.42 Å². The number of hydrogen-bond acceptors (Lipinski definition) is 2. The summed E-state index contributed by atoms with van der Waals surface area (Å²) in [4.78, 5) is 1.94. The van der Waals surface area contributed by atoms with Crippen LogP contribution in [0.4, 0.5) is 4.39 Å². The molecule has 0 radical (unpaired) electrons. The maximum absolute atomic E-state index is 12.4. The Morgan fingerprint density at radius 2 is 2.44 bits per heavy atom. The SMILES string of the molecule is OCCN1CCC(F)C1. The third-order valence-electron chi connectivity index (χ3n) is 1.63. The van der Waals surface area contributed by atoms with Crippen LogP contribution in [0.25, 0.3) is 0 Å². The Kier molecular flexibility index (Phi) is 2.42. The van der Waals surface area contributed by atoms with E-state index in [4.69, 9.17) is 5.11 Å². The molecule has 0 aliphatic carbocycles. The minimum Gasteiger partial charge on any atom is -0.395 e. The second-order valence-electron chi connectivity index (χ2n) is 2.41. The Balaban J connectivity index is 2.14. The lowest BCUT2D eigenvalue weighted by Crippen LogP contribution is -2.24. The fourth-order valence-corrected chi connectivity index (χ4v) is 1.13. The largest absolute Gasteiger partial charge is 0.395 e. The summed E-state index contributed by atoms with van der Waals surface area (Å²) >= 11 is 0. The maximum atomic E-state index is 12.4. The number of hydrogen-bond donors (Lipinski definition) is 1. The molecule has 2 nitrogen and oxygen atoms in total. The van der Waals surface area contributed by atoms with Crippen LogP contribution in [0.2, 0.25) is 0 Å². The Labute approximate surface area is 54.3 Å². The molecule has 1 aliphatic heterocycles. The van der Waals surface area contributed by atoms with Crippen LogP contribution in [-0.2, 0) is 0 Å². The number of rotatable bonds is 2. The first kappa shape index (κ1) is 6.96. The minimum absolute atomic E-state index is 0.146. The van der Waals surface area contributed by atoms with Crippen molar-refractivity contribution in [2.24, 2.45) is 0 Å². The van der Waals surface area contributed by atoms with Crippen molar-refractivity contribution in [1.29, 1.82) is 0 Å². The first-order chi connectivity index (χ1) is 4.33. The van der Waals surface area contributed by atoms with Crippen LogP contribution in [0.15, 0.2) is 0 Å². The van der Waals surface area contributed by atoms with Crippen molar-refractivity contribution in [3.05, 3.63) is 0 Å². The van der Waals surface area contributed by atoms with Gasteiger partial charge in [0.2, 0.25) is 0 Å². The highest BCUT2D eigenvalue weighted by atomic mass is 19.1. The summed E-state index contributed by atoms with van der Waals surface area (Å²) in [6.45, 7) is 2.09. The van der Waals surface area contributed by atoms with E-state index in [0.29, 0.717) is 19.5 Å². The van der Waals surface area contributed by atoms with Crippen molar-refractivity contribution in [3.63, 3.8) is 0 Å². The summed E-state index contributed by atoms with van der Waals surface area (Å²) in [5.74, 6) is 0. The lowest BCUT2D eigenvalue weighted by molar-refractivity contribution is 0.211. The molecule has 0 saturated carbocycles. The zero-order chi connectivity index (χ0) is 6.69. The van der Waals surface area contributed by atoms with E-state index in [9.17, 15) is 4.39 Å². The zero-order valence-electron chi connectivity index (χ0n) is 5.39. The molecular formula is C6H12FNO. The monoisotopic (exact) mass is 133 g/mol. The highest BCUT2D eigenvalue weighted by Gasteiger charge is 2.20. The zero-order valence-corrected chi connectivity index (χ0v) is 5.39. The van der Waals surface area contributed by atoms with E-state index in [-0.39, 0.29) is 6.61 Å². The molecule has 1 fully saturated rings. The van der Waals surface area contributed by atoms with Crippen molar-refractivity contribution in [2.75, 3.05) is 26.2 Å². The Morgan fingerprint density at radius 3 is 2.89 bits per heavy atom. The van der Waals surface area contributed by atoms with Crippen molar-refractivity contribution < 1.29 is 9.50 Å². The van der Waals surface area contributed by atoms with Gasteiger partial charge in [0, 0.05) is 19.6 Å². The average Bonchev–Trinajstić information content (AvgIpc) is 2.17. The first-order valence-electron chi connectivity index (χ1n) is 3.30. The van der Waals surface area contributed by atoms with Crippen molar-refractivity contribution in [2.45, 2.75) is 12.6 Å². The molecule has 0 bridgehead atoms. The van der Waals surface area contributed by atoms with Gasteiger partial charge in [0.1, 0.15) is 6.17 Å². The predicted octanol–water partition coefficient (Wildman–Crippen LogP) is 0.0225. The molecule has 54 valence electrons. The van der Waals surface area contributed by atoms with Gasteiger partial charge in [0.05, 0.1) is 6.61 Å². The molecule has 1 aliphatic rings. The number of nitrogens with zero attached hydrogens (tertiary/aromatic N) is 1. The molecule has 0 spiro atoms. The van der Waals surface area contributed by atoms with E-state index in [1.165, 1.54) is 0 Å². The molecule has 1 unspecified atom stereocenters. The van der Waals surface area contributed by atoms with E-state index >= 15 is 0 Å². The molecule has 0 aromatic carbocycles. The second kappa shape index (κ2) is 3.13. The highest BCUT2D eigenvalue weighted by molar-refractivity contribution is 4.73. The van der Waals surface area contributed by atoms with Gasteiger partial charge in [-0.2, -0.15) is 0 Å². The van der Waals surface area contributed by atoms with Crippen LogP contribution in [0.3, 0.4) is 0 Å². The number of alkyl halides is 1. The van der Waals surface area contributed by atoms with Crippen molar-refractivity contribution in [1.82, 2.24) is 4.90 Å². The predicted molar refractivity (Wildman–Crippen MR) is 33.0 cm³/mol. The van der Waals surface area contributed by atoms with E-state index in [2.05, 4.69) is 0 Å². The van der Waals surface area contributed by atoms with Crippen LogP contribution in [0, 0.1) is 0 Å². The van der Waals surface area contributed by atoms with E-state index in [0.717, 1.165) is 6.54 Å². The fourth-order valence-electron chi connectivity index (χ4n) is 1.13. The summed E-state index contributed by atoms with van der Waals surface area (Å²) < 4.78 is 12.4. The standard InChI is InChI=1S/C6H12FNO/c7-6-1-2-8(5-6)3-4-9/h6,9H,1-5H2. The summed E-state index contributed by atoms with van der Waals surface area (Å²) in [7, 11) is 0. The van der Waals surface area contributed by atoms with Crippen molar-refractivity contribution >= 4 is 0 Å². The lowest BCUT2D eigenvalue weighted by Gasteiger charge is -2.10. The van der Waals surface area contributed by atoms with Crippen molar-refractivity contribution in [3.8, 4) is 0 Å². The number of β-amino-alcohol motifs (C(OH)–C–C–N with tert-alkyl or cyclic N) is 1. The normalized spacial score (nSPS) is 29.3. The van der Waals surface area contributed by atoms with E-state index in [1.54, 1.807) is 0 Å². The summed E-state index contributed by atoms with van der Waals surface area (Å²) in [5, 5.41) is 8.45. The molecule has 1 saturated heterocycles. The lowest BCUT2D eigenvalue weighted by atomic mass is 10.3. The molecule has 1 rings (SSSR count). The number of halogens is 1. The third kappa shape index (κ3) is 1.91. The summed E-state index contributed by atoms with van der Waals surface area (Å²) in [5.41, 5.74) is 0. The van der Waals surface area contributed by atoms with Crippen LogP contribution in [0.1, 0.15) is 6.42 Å². The van der Waals surface area contributed by atoms with Gasteiger partial charge in [-0.15, -0.1) is 0 Å². The van der Waals surface area contributed by atoms with Crippen LogP contribution >= 0.6 is 0 Å². The van der Waals surface area contributed by atoms with Gasteiger partial charge in [-0.3, -0.25) is 4.90 Å². The maximum Gasteiger partial charge on any atom is 0.114 e. The van der Waals surface area contributed by atoms with Gasteiger partial charge >= 0.3 is 0 Å². The topological polar surface area (TPSA) is 23.5 Å². The molecule has 1 N–H and O–H groups in total. The minimum atomic E-state index is -0.656. The third-order valence-corrected chi connectivity index (χ3v) is 1.63. The molecule has 0 aromatic heterocycles. The van der Waals surface area contributed by atoms with Crippen LogP contribution < -0.4 is 0 Å². The van der Waals surface area contributed by atoms with E-state index < -0.39 is 6.17 Å². The Bertz CT molecular complexity index is 87.1. The van der Waals surface area contributed by atoms with Gasteiger partial charge in [-0.1, -0.05) is 0 Å². The molecule has 1 heterocycles. The molecule has 0 aromatic rings. The second-order valence-corrected chi connectivity index (χ2v) is 2.41. The summed E-state index contributed by atoms with van der Waals surface area (Å²) in [6, 6.07) is 0. The quantitative estimate of drug-likeness (QED) is 0.574. The number of aliphatic hydroxyl groups is 1. The van der Waals surface area contributed by atoms with Crippen LogP contribution in [0.5, 0.6) is 0 Å². The Morgan fingerprint density at radius 1 is 1.67 bits per heavy atom. The first-order valence-corrected chi connectivity index (χ1v) is 3.30. The summed E-state index contributed by atoms with van der Waals surface area (Å²) in [6.07, 6.45) is -0.0171. The van der Waals surface area contributed by atoms with Gasteiger partial charge < -0.3 is 5.11 Å². The Hall–Kier alpha value is -0.150. The van der Waals surface area contributed by atoms with E-state index in [1.807, 2.05) is 4.90 Å². The van der Waals surface area contributed by atoms with Gasteiger partial charge in [-0.25, -0.2) is 4.39 Å². The molecular weight excluding hydrogens is 121 g/mol. The molecule has 0 amide bonds. The van der Waals surface area contributed by atoms with Gasteiger partial charge in [0.15, 0.2) is 0 Å². The molecule has 1 atom stereocenters. The van der Waals surface area contributed by atoms with Gasteiger partial charge in [0.25, 0.3) is 0 Å². The van der Waals surface area contributed by atoms with Crippen LogP contribution in [-0.4, -0.2) is 42.4 Å². The molecule has 3 heteroatoms. The highest BCUT2D eigenvalue weighted by Crippen LogP contribution is 2.10. The number of likely N-dealkylation sites (tertiary alicyclic amines) is 1. The number of aliphatic hydroxyl groups excluding tert-OH is 1. The molecule has 9 heavy (non-hydrogen) atoms. The average molecular weight is 133 g/mol. The smallest absolute Gasteiger partial charge is 0.114 e.